The van der Waals surface area contributed by atoms with Crippen LogP contribution in [-0.2, 0) is 17.9 Å². The van der Waals surface area contributed by atoms with Crippen molar-refractivity contribution >= 4 is 50.9 Å². The first-order valence-electron chi connectivity index (χ1n) is 9.00. The van der Waals surface area contributed by atoms with Crippen molar-refractivity contribution in [3.8, 4) is 5.75 Å². The number of hydrogen-bond acceptors (Lipinski definition) is 5. The minimum absolute atomic E-state index is 0.126. The molecular formula is C21H16Cl2N4O3. The maximum atomic E-state index is 12.9. The lowest BCUT2D eigenvalue weighted by Gasteiger charge is -2.15. The molecule has 0 unspecified atom stereocenters. The number of para-hydroxylation sites is 1. The first-order chi connectivity index (χ1) is 14.3. The van der Waals surface area contributed by atoms with Gasteiger partial charge in [0.1, 0.15) is 18.7 Å². The number of nitrogens with two attached hydrogens (primary N) is 1. The fourth-order valence-electron chi connectivity index (χ4n) is 3.21. The Balaban J connectivity index is 1.82. The summed E-state index contributed by atoms with van der Waals surface area (Å²) in [5, 5.41) is 1.79. The normalized spacial score (nSPS) is 11.2. The number of aryl methyl sites for hydroxylation is 1. The number of carbonyl (C=O) groups excluding carboxylic acids is 1. The van der Waals surface area contributed by atoms with Gasteiger partial charge in [0.05, 0.1) is 20.9 Å². The van der Waals surface area contributed by atoms with E-state index < -0.39 is 5.91 Å². The molecule has 0 aliphatic rings. The summed E-state index contributed by atoms with van der Waals surface area (Å²) in [6, 6.07) is 12.1. The average molecular weight is 443 g/mol. The molecule has 4 rings (SSSR count). The molecule has 30 heavy (non-hydrogen) atoms. The first-order valence-corrected chi connectivity index (χ1v) is 9.75. The van der Waals surface area contributed by atoms with Gasteiger partial charge in [0.15, 0.2) is 11.6 Å². The monoisotopic (exact) mass is 442 g/mol. The van der Waals surface area contributed by atoms with Crippen LogP contribution in [0.2, 0.25) is 10.0 Å². The van der Waals surface area contributed by atoms with E-state index in [0.29, 0.717) is 32.6 Å². The Morgan fingerprint density at radius 2 is 1.87 bits per heavy atom. The highest BCUT2D eigenvalue weighted by Crippen LogP contribution is 2.37. The van der Waals surface area contributed by atoms with Gasteiger partial charge in [-0.15, -0.1) is 0 Å². The number of pyridine rings is 1. The third-order valence-electron chi connectivity index (χ3n) is 4.58. The summed E-state index contributed by atoms with van der Waals surface area (Å²) in [7, 11) is 0. The number of nitrogens with zero attached hydrogens (tertiary/aromatic N) is 3. The molecule has 2 heterocycles. The third-order valence-corrected chi connectivity index (χ3v) is 5.17. The molecule has 1 amide bonds. The maximum absolute atomic E-state index is 12.9. The molecule has 7 nitrogen and oxygen atoms in total. The molecule has 0 aliphatic carbocycles. The lowest BCUT2D eigenvalue weighted by molar-refractivity contribution is -0.118. The number of aromatic nitrogens is 3. The molecule has 0 fully saturated rings. The first kappa shape index (κ1) is 20.1. The van der Waals surface area contributed by atoms with Crippen LogP contribution in [0.1, 0.15) is 11.5 Å². The van der Waals surface area contributed by atoms with Gasteiger partial charge in [-0.05, 0) is 37.3 Å². The van der Waals surface area contributed by atoms with Gasteiger partial charge in [-0.1, -0.05) is 35.3 Å². The summed E-state index contributed by atoms with van der Waals surface area (Å²) < 4.78 is 7.15. The SMILES string of the molecule is Cc1ccc2c(Cl)cc(Cl)c(OCc3nc4ccccc4c(=O)n3CC(N)=O)c2n1. The molecule has 0 radical (unpaired) electrons. The largest absolute Gasteiger partial charge is 0.482 e. The van der Waals surface area contributed by atoms with Crippen molar-refractivity contribution in [3.63, 3.8) is 0 Å². The van der Waals surface area contributed by atoms with Crippen molar-refractivity contribution in [3.05, 3.63) is 74.4 Å². The lowest BCUT2D eigenvalue weighted by Crippen LogP contribution is -2.32. The molecule has 0 bridgehead atoms. The van der Waals surface area contributed by atoms with Gasteiger partial charge in [-0.3, -0.25) is 14.2 Å². The molecule has 0 saturated carbocycles. The number of ether oxygens (including phenoxy) is 1. The van der Waals surface area contributed by atoms with Gasteiger partial charge in [0.25, 0.3) is 5.56 Å². The number of hydrogen-bond donors (Lipinski definition) is 1. The van der Waals surface area contributed by atoms with Crippen molar-refractivity contribution in [1.82, 2.24) is 14.5 Å². The summed E-state index contributed by atoms with van der Waals surface area (Å²) >= 11 is 12.6. The number of rotatable bonds is 5. The number of fused-ring (bicyclic) bond motifs is 2. The second-order valence-corrected chi connectivity index (χ2v) is 7.52. The summed E-state index contributed by atoms with van der Waals surface area (Å²) in [4.78, 5) is 33.4. The molecular weight excluding hydrogens is 427 g/mol. The number of carbonyl (C=O) groups is 1. The number of halogens is 2. The standard InChI is InChI=1S/C21H16Cl2N4O3/c1-11-6-7-12-14(22)8-15(23)20(19(12)25-11)30-10-18-26-16-5-3-2-4-13(16)21(29)27(18)9-17(24)28/h2-8H,9-10H2,1H3,(H2,24,28). The fraction of sp³-hybridized carbons (Fsp3) is 0.143. The van der Waals surface area contributed by atoms with E-state index in [2.05, 4.69) is 9.97 Å². The summed E-state index contributed by atoms with van der Waals surface area (Å²) in [6.45, 7) is 1.40. The van der Waals surface area contributed by atoms with Gasteiger partial charge in [-0.2, -0.15) is 0 Å². The van der Waals surface area contributed by atoms with Crippen molar-refractivity contribution < 1.29 is 9.53 Å². The minimum atomic E-state index is -0.664. The zero-order chi connectivity index (χ0) is 21.4. The average Bonchev–Trinajstić information content (AvgIpc) is 2.70. The van der Waals surface area contributed by atoms with Crippen molar-refractivity contribution in [2.75, 3.05) is 0 Å². The summed E-state index contributed by atoms with van der Waals surface area (Å²) in [5.74, 6) is -0.111. The van der Waals surface area contributed by atoms with Crippen LogP contribution >= 0.6 is 23.2 Å². The highest BCUT2D eigenvalue weighted by atomic mass is 35.5. The predicted octanol–water partition coefficient (Wildman–Crippen LogP) is 3.62. The van der Waals surface area contributed by atoms with E-state index in [4.69, 9.17) is 33.7 Å². The number of primary amides is 1. The Bertz CT molecular complexity index is 1370. The zero-order valence-electron chi connectivity index (χ0n) is 15.9. The minimum Gasteiger partial charge on any atom is -0.482 e. The highest BCUT2D eigenvalue weighted by molar-refractivity contribution is 6.39. The second-order valence-electron chi connectivity index (χ2n) is 6.71. The van der Waals surface area contributed by atoms with E-state index in [-0.39, 0.29) is 29.6 Å². The fourth-order valence-corrected chi connectivity index (χ4v) is 3.78. The van der Waals surface area contributed by atoms with Crippen molar-refractivity contribution in [2.45, 2.75) is 20.1 Å². The van der Waals surface area contributed by atoms with E-state index in [1.54, 1.807) is 30.3 Å². The van der Waals surface area contributed by atoms with E-state index in [0.717, 1.165) is 5.69 Å². The molecule has 9 heteroatoms. The molecule has 0 saturated heterocycles. The van der Waals surface area contributed by atoms with Crippen LogP contribution in [0.5, 0.6) is 5.75 Å². The topological polar surface area (TPSA) is 100 Å². The Morgan fingerprint density at radius 3 is 2.63 bits per heavy atom. The highest BCUT2D eigenvalue weighted by Gasteiger charge is 2.17. The van der Waals surface area contributed by atoms with Gasteiger partial charge >= 0.3 is 0 Å². The molecule has 2 N–H and O–H groups in total. The number of amides is 1. The van der Waals surface area contributed by atoms with E-state index in [1.807, 2.05) is 19.1 Å². The number of benzene rings is 2. The quantitative estimate of drug-likeness (QED) is 0.508. The van der Waals surface area contributed by atoms with E-state index in [9.17, 15) is 9.59 Å². The van der Waals surface area contributed by atoms with Gasteiger partial charge < -0.3 is 10.5 Å². The zero-order valence-corrected chi connectivity index (χ0v) is 17.4. The molecule has 152 valence electrons. The van der Waals surface area contributed by atoms with Gasteiger partial charge in [-0.25, -0.2) is 9.97 Å². The van der Waals surface area contributed by atoms with Crippen LogP contribution in [0.3, 0.4) is 0 Å². The van der Waals surface area contributed by atoms with Crippen molar-refractivity contribution in [2.24, 2.45) is 5.73 Å². The molecule has 2 aromatic carbocycles. The van der Waals surface area contributed by atoms with Gasteiger partial charge in [0.2, 0.25) is 5.91 Å². The Hall–Kier alpha value is -3.16. The third kappa shape index (κ3) is 3.69. The Kier molecular flexibility index (Phi) is 5.32. The van der Waals surface area contributed by atoms with Crippen LogP contribution in [0.15, 0.2) is 47.3 Å². The molecule has 2 aromatic heterocycles. The molecule has 0 aliphatic heterocycles. The van der Waals surface area contributed by atoms with Crippen LogP contribution < -0.4 is 16.0 Å². The van der Waals surface area contributed by atoms with E-state index >= 15 is 0 Å². The van der Waals surface area contributed by atoms with E-state index in [1.165, 1.54) is 4.57 Å². The molecule has 0 atom stereocenters. The van der Waals surface area contributed by atoms with Crippen LogP contribution in [0.4, 0.5) is 0 Å². The summed E-state index contributed by atoms with van der Waals surface area (Å²) in [5.41, 5.74) is 6.71. The molecule has 4 aromatic rings. The van der Waals surface area contributed by atoms with Crippen molar-refractivity contribution in [1.29, 1.82) is 0 Å². The predicted molar refractivity (Wildman–Crippen MR) is 116 cm³/mol. The Labute approximate surface area is 181 Å². The maximum Gasteiger partial charge on any atom is 0.261 e. The summed E-state index contributed by atoms with van der Waals surface area (Å²) in [6.07, 6.45) is 0. The van der Waals surface area contributed by atoms with Crippen LogP contribution in [-0.4, -0.2) is 20.4 Å². The van der Waals surface area contributed by atoms with Gasteiger partial charge in [0, 0.05) is 11.1 Å². The van der Waals surface area contributed by atoms with Crippen LogP contribution in [0, 0.1) is 6.92 Å². The Morgan fingerprint density at radius 1 is 1.10 bits per heavy atom. The second kappa shape index (κ2) is 7.93. The van der Waals surface area contributed by atoms with Crippen LogP contribution in [0.25, 0.3) is 21.8 Å². The molecule has 0 spiro atoms. The lowest BCUT2D eigenvalue weighted by atomic mass is 10.2. The smallest absolute Gasteiger partial charge is 0.261 e.